The lowest BCUT2D eigenvalue weighted by atomic mass is 10.1. The number of nitrogens with zero attached hydrogens (tertiary/aromatic N) is 2. The van der Waals surface area contributed by atoms with E-state index in [1.807, 2.05) is 6.07 Å². The van der Waals surface area contributed by atoms with Crippen molar-refractivity contribution in [3.05, 3.63) is 35.4 Å². The molecule has 2 N–H and O–H groups in total. The highest BCUT2D eigenvalue weighted by Gasteiger charge is 2.13. The second kappa shape index (κ2) is 7.30. The zero-order chi connectivity index (χ0) is 13.5. The fourth-order valence-electron chi connectivity index (χ4n) is 2.43. The van der Waals surface area contributed by atoms with Crippen LogP contribution in [0.15, 0.2) is 24.3 Å². The summed E-state index contributed by atoms with van der Waals surface area (Å²) in [5.41, 5.74) is 7.89. The van der Waals surface area contributed by atoms with Crippen LogP contribution in [0.1, 0.15) is 17.5 Å². The highest BCUT2D eigenvalue weighted by Crippen LogP contribution is 2.12. The molecule has 1 fully saturated rings. The number of benzene rings is 1. The molecule has 0 radical (unpaired) electrons. The van der Waals surface area contributed by atoms with Crippen molar-refractivity contribution in [2.75, 3.05) is 39.8 Å². The molecule has 1 aromatic rings. The molecule has 0 amide bonds. The topological polar surface area (TPSA) is 32.5 Å². The summed E-state index contributed by atoms with van der Waals surface area (Å²) in [6.07, 6.45) is 1.24. The van der Waals surface area contributed by atoms with Gasteiger partial charge in [0, 0.05) is 25.2 Å². The summed E-state index contributed by atoms with van der Waals surface area (Å²) in [6, 6.07) is 8.39. The number of likely N-dealkylation sites (N-methyl/N-ethyl adjacent to an activating group) is 1. The van der Waals surface area contributed by atoms with Gasteiger partial charge in [-0.1, -0.05) is 30.0 Å². The average molecular weight is 257 g/mol. The molecule has 102 valence electrons. The number of hydrogen-bond acceptors (Lipinski definition) is 3. The van der Waals surface area contributed by atoms with Crippen molar-refractivity contribution in [3.8, 4) is 11.8 Å². The SMILES string of the molecule is CN1CCCN(Cc2ccccc2C#CCN)CC1. The van der Waals surface area contributed by atoms with Gasteiger partial charge in [0.05, 0.1) is 6.54 Å². The number of rotatable bonds is 2. The Labute approximate surface area is 116 Å². The first-order chi connectivity index (χ1) is 9.29. The minimum atomic E-state index is 0.419. The van der Waals surface area contributed by atoms with Crippen molar-refractivity contribution in [2.24, 2.45) is 5.73 Å². The lowest BCUT2D eigenvalue weighted by Crippen LogP contribution is -2.28. The summed E-state index contributed by atoms with van der Waals surface area (Å²) in [5.74, 6) is 6.13. The van der Waals surface area contributed by atoms with Crippen LogP contribution in [0.4, 0.5) is 0 Å². The van der Waals surface area contributed by atoms with Gasteiger partial charge >= 0.3 is 0 Å². The highest BCUT2D eigenvalue weighted by atomic mass is 15.2. The lowest BCUT2D eigenvalue weighted by Gasteiger charge is -2.20. The first-order valence-corrected chi connectivity index (χ1v) is 6.97. The van der Waals surface area contributed by atoms with Crippen LogP contribution in [0.2, 0.25) is 0 Å². The van der Waals surface area contributed by atoms with Gasteiger partial charge in [-0.3, -0.25) is 4.90 Å². The van der Waals surface area contributed by atoms with Crippen molar-refractivity contribution in [3.63, 3.8) is 0 Å². The normalized spacial score (nSPS) is 17.6. The number of hydrogen-bond donors (Lipinski definition) is 1. The highest BCUT2D eigenvalue weighted by molar-refractivity contribution is 5.41. The smallest absolute Gasteiger partial charge is 0.0555 e. The van der Waals surface area contributed by atoms with E-state index in [1.54, 1.807) is 0 Å². The van der Waals surface area contributed by atoms with Crippen LogP contribution >= 0.6 is 0 Å². The summed E-state index contributed by atoms with van der Waals surface area (Å²) in [4.78, 5) is 4.92. The molecule has 0 saturated carbocycles. The van der Waals surface area contributed by atoms with Crippen molar-refractivity contribution < 1.29 is 0 Å². The largest absolute Gasteiger partial charge is 0.320 e. The van der Waals surface area contributed by atoms with Gasteiger partial charge in [0.1, 0.15) is 0 Å². The lowest BCUT2D eigenvalue weighted by molar-refractivity contribution is 0.269. The molecule has 3 nitrogen and oxygen atoms in total. The van der Waals surface area contributed by atoms with Gasteiger partial charge in [0.25, 0.3) is 0 Å². The maximum atomic E-state index is 5.46. The standard InChI is InChI=1S/C16H23N3/c1-18-10-5-11-19(13-12-18)14-16-7-3-2-6-15(16)8-4-9-17/h2-3,6-7H,5,9-14,17H2,1H3. The summed E-state index contributed by atoms with van der Waals surface area (Å²) in [7, 11) is 2.20. The molecule has 1 heterocycles. The fraction of sp³-hybridized carbons (Fsp3) is 0.500. The molecule has 1 saturated heterocycles. The van der Waals surface area contributed by atoms with E-state index in [4.69, 9.17) is 5.73 Å². The van der Waals surface area contributed by atoms with E-state index < -0.39 is 0 Å². The molecule has 1 aromatic carbocycles. The summed E-state index contributed by atoms with van der Waals surface area (Å²) in [6.45, 7) is 6.06. The van der Waals surface area contributed by atoms with Crippen LogP contribution < -0.4 is 5.73 Å². The van der Waals surface area contributed by atoms with Crippen molar-refractivity contribution in [1.82, 2.24) is 9.80 Å². The Morgan fingerprint density at radius 2 is 2.00 bits per heavy atom. The van der Waals surface area contributed by atoms with E-state index in [-0.39, 0.29) is 0 Å². The molecule has 1 aliphatic heterocycles. The zero-order valence-corrected chi connectivity index (χ0v) is 11.7. The second-order valence-corrected chi connectivity index (χ2v) is 5.10. The molecule has 0 aliphatic carbocycles. The third kappa shape index (κ3) is 4.36. The van der Waals surface area contributed by atoms with Gasteiger partial charge in [-0.05, 0) is 38.2 Å². The molecule has 19 heavy (non-hydrogen) atoms. The van der Waals surface area contributed by atoms with Gasteiger partial charge < -0.3 is 10.6 Å². The monoisotopic (exact) mass is 257 g/mol. The Morgan fingerprint density at radius 3 is 2.84 bits per heavy atom. The molecule has 0 bridgehead atoms. The molecule has 0 spiro atoms. The Balaban J connectivity index is 2.05. The Kier molecular flexibility index (Phi) is 5.41. The summed E-state index contributed by atoms with van der Waals surface area (Å²) >= 11 is 0. The predicted molar refractivity (Wildman–Crippen MR) is 79.8 cm³/mol. The molecule has 0 atom stereocenters. The van der Waals surface area contributed by atoms with Crippen molar-refractivity contribution in [1.29, 1.82) is 0 Å². The van der Waals surface area contributed by atoms with Crippen LogP contribution in [-0.2, 0) is 6.54 Å². The van der Waals surface area contributed by atoms with Crippen molar-refractivity contribution in [2.45, 2.75) is 13.0 Å². The van der Waals surface area contributed by atoms with Crippen LogP contribution in [0, 0.1) is 11.8 Å². The minimum absolute atomic E-state index is 0.419. The zero-order valence-electron chi connectivity index (χ0n) is 11.7. The third-order valence-electron chi connectivity index (χ3n) is 3.55. The van der Waals surface area contributed by atoms with Crippen LogP contribution in [0.25, 0.3) is 0 Å². The quantitative estimate of drug-likeness (QED) is 0.806. The fourth-order valence-corrected chi connectivity index (χ4v) is 2.43. The third-order valence-corrected chi connectivity index (χ3v) is 3.55. The molecule has 1 aliphatic rings. The van der Waals surface area contributed by atoms with Gasteiger partial charge in [-0.15, -0.1) is 0 Å². The molecular weight excluding hydrogens is 234 g/mol. The van der Waals surface area contributed by atoms with E-state index in [0.29, 0.717) is 6.54 Å². The molecule has 3 heteroatoms. The average Bonchev–Trinajstić information content (AvgIpc) is 2.63. The Hall–Kier alpha value is -1.34. The van der Waals surface area contributed by atoms with E-state index in [0.717, 1.165) is 25.2 Å². The first kappa shape index (κ1) is 14.1. The first-order valence-electron chi connectivity index (χ1n) is 6.97. The molecule has 2 rings (SSSR count). The van der Waals surface area contributed by atoms with Crippen LogP contribution in [0.3, 0.4) is 0 Å². The Bertz CT molecular complexity index is 459. The van der Waals surface area contributed by atoms with Crippen LogP contribution in [-0.4, -0.2) is 49.6 Å². The summed E-state index contributed by atoms with van der Waals surface area (Å²) < 4.78 is 0. The van der Waals surface area contributed by atoms with E-state index in [9.17, 15) is 0 Å². The molecule has 0 unspecified atom stereocenters. The Morgan fingerprint density at radius 1 is 1.16 bits per heavy atom. The molecule has 0 aromatic heterocycles. The van der Waals surface area contributed by atoms with Crippen molar-refractivity contribution >= 4 is 0 Å². The van der Waals surface area contributed by atoms with Gasteiger partial charge in [0.15, 0.2) is 0 Å². The second-order valence-electron chi connectivity index (χ2n) is 5.10. The minimum Gasteiger partial charge on any atom is -0.320 e. The molecular formula is C16H23N3. The van der Waals surface area contributed by atoms with E-state index in [1.165, 1.54) is 25.1 Å². The maximum absolute atomic E-state index is 5.46. The predicted octanol–water partition coefficient (Wildman–Crippen LogP) is 1.13. The number of nitrogens with two attached hydrogens (primary N) is 1. The van der Waals surface area contributed by atoms with Gasteiger partial charge in [-0.2, -0.15) is 0 Å². The van der Waals surface area contributed by atoms with Crippen LogP contribution in [0.5, 0.6) is 0 Å². The van der Waals surface area contributed by atoms with E-state index >= 15 is 0 Å². The van der Waals surface area contributed by atoms with Gasteiger partial charge in [0.2, 0.25) is 0 Å². The maximum Gasteiger partial charge on any atom is 0.0555 e. The van der Waals surface area contributed by atoms with E-state index in [2.05, 4.69) is 46.9 Å². The van der Waals surface area contributed by atoms with Gasteiger partial charge in [-0.25, -0.2) is 0 Å². The summed E-state index contributed by atoms with van der Waals surface area (Å²) in [5, 5.41) is 0.